The summed E-state index contributed by atoms with van der Waals surface area (Å²) in [6.45, 7) is 4.25. The van der Waals surface area contributed by atoms with E-state index in [4.69, 9.17) is 16.6 Å². The third kappa shape index (κ3) is 1.92. The topological polar surface area (TPSA) is 12.9 Å². The second-order valence-electron chi connectivity index (χ2n) is 4.40. The summed E-state index contributed by atoms with van der Waals surface area (Å²) in [6.07, 6.45) is 0. The zero-order chi connectivity index (χ0) is 12.7. The lowest BCUT2D eigenvalue weighted by Gasteiger charge is -2.05. The van der Waals surface area contributed by atoms with Crippen LogP contribution in [0.3, 0.4) is 0 Å². The van der Waals surface area contributed by atoms with Crippen molar-refractivity contribution in [3.05, 3.63) is 52.5 Å². The van der Waals surface area contributed by atoms with Crippen LogP contribution >= 0.6 is 22.9 Å². The number of hydrogen-bond acceptors (Lipinski definition) is 2. The largest absolute Gasteiger partial charge is 0.236 e. The van der Waals surface area contributed by atoms with Crippen molar-refractivity contribution in [2.75, 3.05) is 0 Å². The number of rotatable bonds is 1. The molecule has 0 N–H and O–H groups in total. The van der Waals surface area contributed by atoms with Gasteiger partial charge in [0.15, 0.2) is 0 Å². The molecule has 2 aromatic carbocycles. The van der Waals surface area contributed by atoms with Crippen molar-refractivity contribution in [2.24, 2.45) is 0 Å². The fourth-order valence-corrected chi connectivity index (χ4v) is 3.57. The highest BCUT2D eigenvalue weighted by Crippen LogP contribution is 2.34. The molecule has 0 atom stereocenters. The second-order valence-corrected chi connectivity index (χ2v) is 5.86. The van der Waals surface area contributed by atoms with Crippen molar-refractivity contribution in [2.45, 2.75) is 13.8 Å². The van der Waals surface area contributed by atoms with Crippen LogP contribution in [-0.4, -0.2) is 4.98 Å². The Morgan fingerprint density at radius 3 is 2.50 bits per heavy atom. The van der Waals surface area contributed by atoms with Crippen LogP contribution in [0.1, 0.15) is 11.1 Å². The van der Waals surface area contributed by atoms with Gasteiger partial charge in [0.25, 0.3) is 0 Å². The van der Waals surface area contributed by atoms with Crippen LogP contribution in [0.4, 0.5) is 0 Å². The molecule has 1 heterocycles. The highest BCUT2D eigenvalue weighted by Gasteiger charge is 2.11. The minimum absolute atomic E-state index is 0.763. The average molecular weight is 274 g/mol. The molecule has 0 saturated carbocycles. The normalized spacial score (nSPS) is 11.1. The molecular formula is C15H12ClNS. The molecular weight excluding hydrogens is 262 g/mol. The number of benzene rings is 2. The van der Waals surface area contributed by atoms with Gasteiger partial charge in [-0.05, 0) is 43.2 Å². The number of nitrogens with zero attached hydrogens (tertiary/aromatic N) is 1. The Kier molecular flexibility index (Phi) is 2.84. The number of aryl methyl sites for hydroxylation is 2. The Bertz CT molecular complexity index is 710. The summed E-state index contributed by atoms with van der Waals surface area (Å²) in [5.41, 5.74) is 4.79. The van der Waals surface area contributed by atoms with E-state index in [1.54, 1.807) is 11.3 Å². The Labute approximate surface area is 115 Å². The predicted octanol–water partition coefficient (Wildman–Crippen LogP) is 5.23. The Hall–Kier alpha value is -1.38. The van der Waals surface area contributed by atoms with E-state index in [1.807, 2.05) is 18.2 Å². The monoisotopic (exact) mass is 273 g/mol. The van der Waals surface area contributed by atoms with Gasteiger partial charge in [-0.1, -0.05) is 29.8 Å². The fourth-order valence-electron chi connectivity index (χ4n) is 2.16. The van der Waals surface area contributed by atoms with E-state index in [0.29, 0.717) is 0 Å². The molecule has 3 heteroatoms. The lowest BCUT2D eigenvalue weighted by atomic mass is 10.0. The lowest BCUT2D eigenvalue weighted by Crippen LogP contribution is -1.86. The molecule has 0 saturated heterocycles. The summed E-state index contributed by atoms with van der Waals surface area (Å²) in [4.78, 5) is 4.71. The van der Waals surface area contributed by atoms with E-state index in [0.717, 1.165) is 20.2 Å². The Morgan fingerprint density at radius 2 is 1.78 bits per heavy atom. The summed E-state index contributed by atoms with van der Waals surface area (Å²) < 4.78 is 1.14. The zero-order valence-corrected chi connectivity index (χ0v) is 11.8. The maximum atomic E-state index is 6.02. The molecule has 1 nitrogen and oxygen atoms in total. The maximum absolute atomic E-state index is 6.02. The van der Waals surface area contributed by atoms with Gasteiger partial charge in [-0.2, -0.15) is 0 Å². The molecule has 0 radical (unpaired) electrons. The van der Waals surface area contributed by atoms with E-state index >= 15 is 0 Å². The molecule has 3 rings (SSSR count). The van der Waals surface area contributed by atoms with Gasteiger partial charge >= 0.3 is 0 Å². The van der Waals surface area contributed by atoms with Gasteiger partial charge in [0, 0.05) is 10.6 Å². The van der Waals surface area contributed by atoms with Gasteiger partial charge in [-0.25, -0.2) is 4.98 Å². The minimum atomic E-state index is 0.763. The van der Waals surface area contributed by atoms with Gasteiger partial charge in [-0.3, -0.25) is 0 Å². The van der Waals surface area contributed by atoms with Crippen LogP contribution in [0.5, 0.6) is 0 Å². The van der Waals surface area contributed by atoms with Crippen LogP contribution in [0.25, 0.3) is 20.8 Å². The predicted molar refractivity (Wildman–Crippen MR) is 79.5 cm³/mol. The summed E-state index contributed by atoms with van der Waals surface area (Å²) >= 11 is 7.71. The van der Waals surface area contributed by atoms with E-state index < -0.39 is 0 Å². The highest BCUT2D eigenvalue weighted by molar-refractivity contribution is 7.21. The number of aromatic nitrogens is 1. The van der Waals surface area contributed by atoms with E-state index in [1.165, 1.54) is 16.7 Å². The first-order valence-electron chi connectivity index (χ1n) is 5.78. The summed E-state index contributed by atoms with van der Waals surface area (Å²) in [5, 5.41) is 1.84. The molecule has 0 bridgehead atoms. The number of thiazole rings is 1. The first kappa shape index (κ1) is 11.7. The van der Waals surface area contributed by atoms with Gasteiger partial charge in [0.05, 0.1) is 10.2 Å². The van der Waals surface area contributed by atoms with Crippen molar-refractivity contribution in [3.8, 4) is 10.6 Å². The van der Waals surface area contributed by atoms with Gasteiger partial charge in [0.1, 0.15) is 5.01 Å². The molecule has 3 aromatic rings. The Balaban J connectivity index is 2.26. The van der Waals surface area contributed by atoms with Crippen LogP contribution in [0.15, 0.2) is 36.4 Å². The third-order valence-electron chi connectivity index (χ3n) is 3.05. The van der Waals surface area contributed by atoms with E-state index in [-0.39, 0.29) is 0 Å². The van der Waals surface area contributed by atoms with Crippen molar-refractivity contribution >= 4 is 33.2 Å². The highest BCUT2D eigenvalue weighted by atomic mass is 35.5. The summed E-state index contributed by atoms with van der Waals surface area (Å²) in [5.74, 6) is 0. The number of fused-ring (bicyclic) bond motifs is 1. The molecule has 0 fully saturated rings. The first-order valence-corrected chi connectivity index (χ1v) is 6.97. The van der Waals surface area contributed by atoms with E-state index in [2.05, 4.69) is 32.0 Å². The van der Waals surface area contributed by atoms with Crippen LogP contribution in [0, 0.1) is 13.8 Å². The van der Waals surface area contributed by atoms with Gasteiger partial charge < -0.3 is 0 Å². The third-order valence-corrected chi connectivity index (χ3v) is 4.32. The average Bonchev–Trinajstić information content (AvgIpc) is 2.71. The number of halogens is 1. The molecule has 0 aliphatic carbocycles. The quantitative estimate of drug-likeness (QED) is 0.591. The van der Waals surface area contributed by atoms with Crippen molar-refractivity contribution in [1.82, 2.24) is 4.98 Å². The standard InChI is InChI=1S/C15H12ClNS/c1-9-4-3-5-10(2)14(9)15-17-12-7-6-11(16)8-13(12)18-15/h3-8H,1-2H3. The molecule has 0 aliphatic rings. The van der Waals surface area contributed by atoms with E-state index in [9.17, 15) is 0 Å². The molecule has 0 spiro atoms. The molecule has 0 unspecified atom stereocenters. The van der Waals surface area contributed by atoms with Crippen molar-refractivity contribution < 1.29 is 0 Å². The Morgan fingerprint density at radius 1 is 1.06 bits per heavy atom. The molecule has 0 aliphatic heterocycles. The van der Waals surface area contributed by atoms with Crippen LogP contribution in [0.2, 0.25) is 5.02 Å². The summed E-state index contributed by atoms with van der Waals surface area (Å²) in [7, 11) is 0. The fraction of sp³-hybridized carbons (Fsp3) is 0.133. The number of hydrogen-bond donors (Lipinski definition) is 0. The molecule has 90 valence electrons. The zero-order valence-electron chi connectivity index (χ0n) is 10.2. The summed E-state index contributed by atoms with van der Waals surface area (Å²) in [6, 6.07) is 12.2. The SMILES string of the molecule is Cc1cccc(C)c1-c1nc2ccc(Cl)cc2s1. The van der Waals surface area contributed by atoms with Gasteiger partial charge in [-0.15, -0.1) is 11.3 Å². The van der Waals surface area contributed by atoms with Crippen molar-refractivity contribution in [3.63, 3.8) is 0 Å². The lowest BCUT2D eigenvalue weighted by molar-refractivity contribution is 1.35. The first-order chi connectivity index (χ1) is 8.65. The van der Waals surface area contributed by atoms with Crippen LogP contribution in [-0.2, 0) is 0 Å². The minimum Gasteiger partial charge on any atom is -0.236 e. The smallest absolute Gasteiger partial charge is 0.125 e. The molecule has 0 amide bonds. The van der Waals surface area contributed by atoms with Crippen molar-refractivity contribution in [1.29, 1.82) is 0 Å². The second kappa shape index (κ2) is 4.38. The molecule has 18 heavy (non-hydrogen) atoms. The molecule has 1 aromatic heterocycles. The van der Waals surface area contributed by atoms with Gasteiger partial charge in [0.2, 0.25) is 0 Å². The van der Waals surface area contributed by atoms with Crippen LogP contribution < -0.4 is 0 Å². The maximum Gasteiger partial charge on any atom is 0.125 e.